The van der Waals surface area contributed by atoms with Crippen molar-refractivity contribution in [3.05, 3.63) is 36.4 Å². The molecule has 0 aliphatic heterocycles. The molecule has 10 heteroatoms. The number of nitrogens with zero attached hydrogens (tertiary/aromatic N) is 4. The summed E-state index contributed by atoms with van der Waals surface area (Å²) in [6.45, 7) is 0. The van der Waals surface area contributed by atoms with E-state index in [1.165, 1.54) is 6.33 Å². The van der Waals surface area contributed by atoms with Gasteiger partial charge in [0, 0.05) is 17.3 Å². The summed E-state index contributed by atoms with van der Waals surface area (Å²) >= 11 is 0. The van der Waals surface area contributed by atoms with E-state index < -0.39 is 11.9 Å². The number of benzene rings is 1. The van der Waals surface area contributed by atoms with Crippen LogP contribution in [0.5, 0.6) is 5.75 Å². The van der Waals surface area contributed by atoms with Crippen molar-refractivity contribution >= 4 is 28.2 Å². The molecule has 5 rings (SSSR count). The molecule has 9 nitrogen and oxygen atoms in total. The average Bonchev–Trinajstić information content (AvgIpc) is 3.36. The number of para-hydroxylation sites is 1. The topological polar surface area (TPSA) is 134 Å². The molecule has 3 heterocycles. The molecule has 3 N–H and O–H groups in total. The third-order valence-corrected chi connectivity index (χ3v) is 6.00. The van der Waals surface area contributed by atoms with Crippen molar-refractivity contribution in [3.8, 4) is 17.1 Å². The molecule has 0 saturated heterocycles. The zero-order chi connectivity index (χ0) is 20.8. The quantitative estimate of drug-likeness (QED) is 0.394. The van der Waals surface area contributed by atoms with Gasteiger partial charge in [-0.25, -0.2) is 14.5 Å². The third-order valence-electron chi connectivity index (χ3n) is 6.00. The van der Waals surface area contributed by atoms with Gasteiger partial charge in [0.1, 0.15) is 29.1 Å². The Bertz CT molecular complexity index is 1260. The van der Waals surface area contributed by atoms with Gasteiger partial charge in [-0.05, 0) is 43.7 Å². The second-order valence-corrected chi connectivity index (χ2v) is 7.70. The van der Waals surface area contributed by atoms with Crippen LogP contribution in [0.1, 0.15) is 37.4 Å². The maximum atomic E-state index is 11.2. The number of aromatic amines is 1. The van der Waals surface area contributed by atoms with Crippen molar-refractivity contribution in [1.29, 1.82) is 0 Å². The van der Waals surface area contributed by atoms with Crippen LogP contribution in [0.3, 0.4) is 0 Å². The Labute approximate surface area is 200 Å². The van der Waals surface area contributed by atoms with E-state index in [9.17, 15) is 9.90 Å². The number of carboxylic acids is 1. The number of carbonyl (C=O) groups is 1. The Hall–Kier alpha value is -2.62. The van der Waals surface area contributed by atoms with Crippen molar-refractivity contribution in [3.63, 3.8) is 0 Å². The first-order chi connectivity index (χ1) is 14.6. The molecule has 0 bridgehead atoms. The number of nitrogens with two attached hydrogens (primary N) is 1. The molecule has 1 aliphatic carbocycles. The summed E-state index contributed by atoms with van der Waals surface area (Å²) in [4.78, 5) is 23.7. The first-order valence-corrected chi connectivity index (χ1v) is 9.93. The summed E-state index contributed by atoms with van der Waals surface area (Å²) in [5.74, 6) is 0.584. The number of aliphatic carboxylic acids is 1. The first-order valence-electron chi connectivity index (χ1n) is 9.93. The number of hydrogen-bond donors (Lipinski definition) is 2. The number of hydrogen-bond acceptors (Lipinski definition) is 7. The summed E-state index contributed by atoms with van der Waals surface area (Å²) in [6, 6.07) is 7.83. The van der Waals surface area contributed by atoms with Gasteiger partial charge in [-0.1, -0.05) is 12.1 Å². The molecular weight excluding hydrogens is 407 g/mol. The van der Waals surface area contributed by atoms with Gasteiger partial charge in [0.25, 0.3) is 0 Å². The van der Waals surface area contributed by atoms with Crippen LogP contribution < -0.4 is 45.1 Å². The Kier molecular flexibility index (Phi) is 5.92. The number of aromatic nitrogens is 5. The number of methoxy groups -OCH3 is 1. The molecule has 154 valence electrons. The molecule has 31 heavy (non-hydrogen) atoms. The molecule has 0 spiro atoms. The summed E-state index contributed by atoms with van der Waals surface area (Å²) in [5.41, 5.74) is 9.19. The second-order valence-electron chi connectivity index (χ2n) is 7.70. The average molecular weight is 428 g/mol. The van der Waals surface area contributed by atoms with Crippen molar-refractivity contribution in [2.24, 2.45) is 5.92 Å². The number of H-pyrrole nitrogens is 1. The number of fused-ring (bicyclic) bond motifs is 2. The fourth-order valence-corrected chi connectivity index (χ4v) is 4.44. The standard InChI is InChI=1S/C21H22N6O3.Na/c1-30-15-4-2-3-13-9-14(25-16(13)15)17-18-19(22)23-10-24-27(18)20(26-17)11-5-7-12(8-6-11)21(28)29;/h2-4,9-12,25H,5-8H2,1H3,(H,28,29)(H2,22,23,24);/q;+1/p-1/t11-,12-;. The molecule has 1 aromatic carbocycles. The number of nitrogen functional groups attached to an aromatic ring is 1. The molecule has 0 amide bonds. The molecule has 1 fully saturated rings. The Morgan fingerprint density at radius 3 is 2.77 bits per heavy atom. The summed E-state index contributed by atoms with van der Waals surface area (Å²) < 4.78 is 7.20. The number of carbonyl (C=O) groups excluding carboxylic acids is 1. The summed E-state index contributed by atoms with van der Waals surface area (Å²) in [5, 5.41) is 16.6. The van der Waals surface area contributed by atoms with Gasteiger partial charge in [-0.2, -0.15) is 5.10 Å². The van der Waals surface area contributed by atoms with Gasteiger partial charge < -0.3 is 25.4 Å². The van der Waals surface area contributed by atoms with E-state index in [-0.39, 0.29) is 35.5 Å². The first kappa shape index (κ1) is 21.6. The smallest absolute Gasteiger partial charge is 0.550 e. The van der Waals surface area contributed by atoms with Gasteiger partial charge in [0.05, 0.1) is 18.3 Å². The zero-order valence-corrected chi connectivity index (χ0v) is 19.5. The molecule has 4 aromatic rings. The van der Waals surface area contributed by atoms with Crippen LogP contribution >= 0.6 is 0 Å². The van der Waals surface area contributed by atoms with Crippen LogP contribution in [0.15, 0.2) is 30.6 Å². The summed E-state index contributed by atoms with van der Waals surface area (Å²) in [7, 11) is 1.63. The van der Waals surface area contributed by atoms with Crippen molar-refractivity contribution in [2.45, 2.75) is 31.6 Å². The van der Waals surface area contributed by atoms with Crippen LogP contribution in [0.4, 0.5) is 5.82 Å². The number of anilines is 1. The van der Waals surface area contributed by atoms with Crippen molar-refractivity contribution in [1.82, 2.24) is 24.6 Å². The predicted octanol–water partition coefficient (Wildman–Crippen LogP) is -1.11. The third kappa shape index (κ3) is 3.66. The molecular formula is C21H21N6NaO3. The maximum absolute atomic E-state index is 11.2. The van der Waals surface area contributed by atoms with Gasteiger partial charge in [-0.15, -0.1) is 0 Å². The zero-order valence-electron chi connectivity index (χ0n) is 17.5. The van der Waals surface area contributed by atoms with E-state index in [4.69, 9.17) is 15.5 Å². The van der Waals surface area contributed by atoms with Crippen LogP contribution in [-0.4, -0.2) is 37.6 Å². The largest absolute Gasteiger partial charge is 1.00 e. The van der Waals surface area contributed by atoms with E-state index in [0.29, 0.717) is 42.7 Å². The van der Waals surface area contributed by atoms with E-state index in [1.54, 1.807) is 11.6 Å². The number of carboxylic acid groups (broad SMARTS) is 1. The van der Waals surface area contributed by atoms with Gasteiger partial charge in [0.2, 0.25) is 0 Å². The number of ether oxygens (including phenoxy) is 1. The normalized spacial score (nSPS) is 18.7. The van der Waals surface area contributed by atoms with Crippen molar-refractivity contribution in [2.75, 3.05) is 12.8 Å². The molecule has 0 radical (unpaired) electrons. The SMILES string of the molecule is COc1cccc2cc(-c3nc([C@H]4CC[C@H](C(=O)[O-])CC4)n4ncnc(N)c34)[nH]c12.[Na+]. The fraction of sp³-hybridized carbons (Fsp3) is 0.333. The van der Waals surface area contributed by atoms with Gasteiger partial charge >= 0.3 is 29.6 Å². The van der Waals surface area contributed by atoms with Crippen LogP contribution in [0.25, 0.3) is 27.8 Å². The molecule has 1 saturated carbocycles. The Morgan fingerprint density at radius 2 is 2.06 bits per heavy atom. The molecule has 3 aromatic heterocycles. The van der Waals surface area contributed by atoms with Gasteiger partial charge in [0.15, 0.2) is 5.82 Å². The van der Waals surface area contributed by atoms with E-state index in [1.807, 2.05) is 24.3 Å². The minimum absolute atomic E-state index is 0. The number of nitrogens with one attached hydrogen (secondary N) is 1. The molecule has 1 aliphatic rings. The molecule has 0 unspecified atom stereocenters. The minimum atomic E-state index is -0.972. The summed E-state index contributed by atoms with van der Waals surface area (Å²) in [6.07, 6.45) is 3.98. The predicted molar refractivity (Wildman–Crippen MR) is 109 cm³/mol. The van der Waals surface area contributed by atoms with Crippen LogP contribution in [0.2, 0.25) is 0 Å². The van der Waals surface area contributed by atoms with Crippen LogP contribution in [-0.2, 0) is 4.79 Å². The van der Waals surface area contributed by atoms with E-state index in [0.717, 1.165) is 28.2 Å². The monoisotopic (exact) mass is 428 g/mol. The van der Waals surface area contributed by atoms with E-state index in [2.05, 4.69) is 15.1 Å². The number of imidazole rings is 1. The van der Waals surface area contributed by atoms with Gasteiger partial charge in [-0.3, -0.25) is 0 Å². The number of rotatable bonds is 4. The van der Waals surface area contributed by atoms with Crippen molar-refractivity contribution < 1.29 is 44.2 Å². The second kappa shape index (κ2) is 8.49. The minimum Gasteiger partial charge on any atom is -0.550 e. The van der Waals surface area contributed by atoms with Crippen LogP contribution in [0, 0.1) is 5.92 Å². The Balaban J connectivity index is 0.00000231. The fourth-order valence-electron chi connectivity index (χ4n) is 4.44. The maximum Gasteiger partial charge on any atom is 1.00 e. The van der Waals surface area contributed by atoms with E-state index >= 15 is 0 Å². The Morgan fingerprint density at radius 1 is 1.29 bits per heavy atom. The molecule has 0 atom stereocenters.